The lowest BCUT2D eigenvalue weighted by Crippen LogP contribution is -2.21. The highest BCUT2D eigenvalue weighted by Crippen LogP contribution is 2.49. The van der Waals surface area contributed by atoms with Crippen LogP contribution in [0, 0.1) is 17.1 Å². The molecule has 1 atom stereocenters. The minimum absolute atomic E-state index is 0.0348. The van der Waals surface area contributed by atoms with Crippen LogP contribution in [0.4, 0.5) is 4.39 Å². The monoisotopic (exact) mass is 572 g/mol. The van der Waals surface area contributed by atoms with Crippen molar-refractivity contribution in [2.75, 3.05) is 6.79 Å². The van der Waals surface area contributed by atoms with Crippen LogP contribution >= 0.6 is 31.9 Å². The molecule has 2 heterocycles. The first-order chi connectivity index (χ1) is 15.9. The summed E-state index contributed by atoms with van der Waals surface area (Å²) >= 11 is 7.13. The van der Waals surface area contributed by atoms with Gasteiger partial charge in [-0.3, -0.25) is 0 Å². The molecule has 5 rings (SSSR count). The lowest BCUT2D eigenvalue weighted by Gasteiger charge is -2.27. The first kappa shape index (κ1) is 21.6. The predicted molar refractivity (Wildman–Crippen MR) is 124 cm³/mol. The molecule has 6 nitrogen and oxygen atoms in total. The van der Waals surface area contributed by atoms with Crippen molar-refractivity contribution in [2.45, 2.75) is 12.5 Å². The second-order valence-corrected chi connectivity index (χ2v) is 9.11. The number of nitrogens with two attached hydrogens (primary N) is 1. The lowest BCUT2D eigenvalue weighted by molar-refractivity contribution is 0.174. The quantitative estimate of drug-likeness (QED) is 0.419. The zero-order valence-corrected chi connectivity index (χ0v) is 20.1. The Morgan fingerprint density at radius 2 is 1.79 bits per heavy atom. The Balaban J connectivity index is 1.53. The highest BCUT2D eigenvalue weighted by molar-refractivity contribution is 9.11. The van der Waals surface area contributed by atoms with E-state index in [4.69, 9.17) is 24.7 Å². The van der Waals surface area contributed by atoms with Gasteiger partial charge < -0.3 is 24.7 Å². The molecule has 0 aliphatic carbocycles. The highest BCUT2D eigenvalue weighted by Gasteiger charge is 2.34. The van der Waals surface area contributed by atoms with Crippen molar-refractivity contribution in [1.29, 1.82) is 5.26 Å². The summed E-state index contributed by atoms with van der Waals surface area (Å²) in [5.41, 5.74) is 8.60. The lowest BCUT2D eigenvalue weighted by atomic mass is 9.83. The van der Waals surface area contributed by atoms with Gasteiger partial charge in [-0.1, -0.05) is 12.1 Å². The fraction of sp³-hybridized carbons (Fsp3) is 0.125. The third-order valence-corrected chi connectivity index (χ3v) is 6.51. The normalized spacial score (nSPS) is 16.1. The Morgan fingerprint density at radius 3 is 2.48 bits per heavy atom. The Kier molecular flexibility index (Phi) is 5.64. The van der Waals surface area contributed by atoms with Gasteiger partial charge in [0.15, 0.2) is 11.5 Å². The maximum absolute atomic E-state index is 13.5. The zero-order valence-electron chi connectivity index (χ0n) is 16.9. The van der Waals surface area contributed by atoms with Crippen LogP contribution in [0.2, 0.25) is 0 Å². The van der Waals surface area contributed by atoms with E-state index in [0.29, 0.717) is 37.5 Å². The standard InChI is InChI=1S/C24H15Br2FN2O4/c25-17-5-13(6-18(26)23(17)30-10-12-2-1-3-14(27)4-12)22-15-7-20-21(32-11-31-20)8-19(15)33-24(29)16(22)9-28/h1-8,22H,10-11,29H2/t22-/m0/s1. The molecule has 2 N–H and O–H groups in total. The number of nitrogens with zero attached hydrogens (tertiary/aromatic N) is 1. The van der Waals surface area contributed by atoms with Gasteiger partial charge in [0, 0.05) is 11.6 Å². The molecule has 0 saturated heterocycles. The third-order valence-electron chi connectivity index (χ3n) is 5.34. The molecule has 166 valence electrons. The van der Waals surface area contributed by atoms with E-state index in [1.807, 2.05) is 18.2 Å². The second kappa shape index (κ2) is 8.61. The zero-order chi connectivity index (χ0) is 23.1. The fourth-order valence-corrected chi connectivity index (χ4v) is 5.31. The van der Waals surface area contributed by atoms with Gasteiger partial charge in [-0.15, -0.1) is 0 Å². The molecule has 0 saturated carbocycles. The molecular formula is C24H15Br2FN2O4. The molecule has 0 amide bonds. The Bertz CT molecular complexity index is 1330. The van der Waals surface area contributed by atoms with Crippen LogP contribution < -0.4 is 24.7 Å². The first-order valence-electron chi connectivity index (χ1n) is 9.82. The molecule has 33 heavy (non-hydrogen) atoms. The molecule has 0 radical (unpaired) electrons. The number of rotatable bonds is 4. The highest BCUT2D eigenvalue weighted by atomic mass is 79.9. The topological polar surface area (TPSA) is 86.7 Å². The van der Waals surface area contributed by atoms with E-state index in [1.165, 1.54) is 12.1 Å². The van der Waals surface area contributed by atoms with Gasteiger partial charge in [-0.25, -0.2) is 4.39 Å². The van der Waals surface area contributed by atoms with Crippen molar-refractivity contribution >= 4 is 31.9 Å². The van der Waals surface area contributed by atoms with E-state index >= 15 is 0 Å². The van der Waals surface area contributed by atoms with Gasteiger partial charge in [0.1, 0.15) is 35.6 Å². The second-order valence-electron chi connectivity index (χ2n) is 7.40. The third kappa shape index (κ3) is 4.01. The molecule has 2 aliphatic rings. The Labute approximate surface area is 205 Å². The van der Waals surface area contributed by atoms with E-state index in [2.05, 4.69) is 37.9 Å². The molecular weight excluding hydrogens is 559 g/mol. The fourth-order valence-electron chi connectivity index (χ4n) is 3.86. The number of allylic oxidation sites excluding steroid dienone is 1. The maximum atomic E-state index is 13.5. The number of hydrogen-bond donors (Lipinski definition) is 1. The summed E-state index contributed by atoms with van der Waals surface area (Å²) < 4.78 is 37.4. The van der Waals surface area contributed by atoms with Crippen molar-refractivity contribution in [2.24, 2.45) is 5.73 Å². The summed E-state index contributed by atoms with van der Waals surface area (Å²) in [6.07, 6.45) is 0. The molecule has 2 aliphatic heterocycles. The number of halogens is 3. The minimum atomic E-state index is -0.488. The van der Waals surface area contributed by atoms with Crippen LogP contribution in [0.5, 0.6) is 23.0 Å². The van der Waals surface area contributed by atoms with Crippen LogP contribution in [-0.4, -0.2) is 6.79 Å². The van der Waals surface area contributed by atoms with Crippen molar-refractivity contribution in [3.05, 3.63) is 91.4 Å². The Hall–Kier alpha value is -3.22. The van der Waals surface area contributed by atoms with Gasteiger partial charge >= 0.3 is 0 Å². The number of hydrogen-bond acceptors (Lipinski definition) is 6. The van der Waals surface area contributed by atoms with Crippen LogP contribution in [0.15, 0.2) is 68.9 Å². The van der Waals surface area contributed by atoms with Crippen LogP contribution in [0.25, 0.3) is 0 Å². The average molecular weight is 574 g/mol. The van der Waals surface area contributed by atoms with Crippen molar-refractivity contribution < 1.29 is 23.3 Å². The van der Waals surface area contributed by atoms with Gasteiger partial charge in [-0.05, 0) is 73.3 Å². The smallest absolute Gasteiger partial charge is 0.231 e. The molecule has 0 bridgehead atoms. The Morgan fingerprint density at radius 1 is 1.06 bits per heavy atom. The summed E-state index contributed by atoms with van der Waals surface area (Å²) in [6.45, 7) is 0.305. The number of benzene rings is 3. The van der Waals surface area contributed by atoms with E-state index in [9.17, 15) is 9.65 Å². The summed E-state index contributed by atoms with van der Waals surface area (Å²) in [5, 5.41) is 9.84. The molecule has 3 aromatic rings. The average Bonchev–Trinajstić information content (AvgIpc) is 3.23. The molecule has 9 heteroatoms. The van der Waals surface area contributed by atoms with Crippen LogP contribution in [-0.2, 0) is 6.61 Å². The SMILES string of the molecule is N#CC1=C(N)Oc2cc3c(cc2[C@@H]1c1cc(Br)c(OCc2cccc(F)c2)c(Br)c1)OCO3. The molecule has 0 spiro atoms. The van der Waals surface area contributed by atoms with Crippen molar-refractivity contribution in [1.82, 2.24) is 0 Å². The van der Waals surface area contributed by atoms with Gasteiger partial charge in [0.25, 0.3) is 0 Å². The number of fused-ring (bicyclic) bond motifs is 2. The van der Waals surface area contributed by atoms with E-state index in [0.717, 1.165) is 11.1 Å². The van der Waals surface area contributed by atoms with Crippen LogP contribution in [0.1, 0.15) is 22.6 Å². The number of ether oxygens (including phenoxy) is 4. The van der Waals surface area contributed by atoms with E-state index < -0.39 is 5.92 Å². The summed E-state index contributed by atoms with van der Waals surface area (Å²) in [5.74, 6) is 1.41. The molecule has 0 fully saturated rings. The molecule has 3 aromatic carbocycles. The predicted octanol–water partition coefficient (Wildman–Crippen LogP) is 5.88. The molecule has 0 unspecified atom stereocenters. The van der Waals surface area contributed by atoms with E-state index in [-0.39, 0.29) is 30.7 Å². The van der Waals surface area contributed by atoms with Gasteiger partial charge in [-0.2, -0.15) is 5.26 Å². The van der Waals surface area contributed by atoms with Gasteiger partial charge in [0.2, 0.25) is 12.7 Å². The summed E-state index contributed by atoms with van der Waals surface area (Å²) in [6, 6.07) is 15.6. The maximum Gasteiger partial charge on any atom is 0.231 e. The summed E-state index contributed by atoms with van der Waals surface area (Å²) in [4.78, 5) is 0. The van der Waals surface area contributed by atoms with Gasteiger partial charge in [0.05, 0.1) is 14.9 Å². The van der Waals surface area contributed by atoms with Crippen molar-refractivity contribution in [3.63, 3.8) is 0 Å². The minimum Gasteiger partial charge on any atom is -0.487 e. The van der Waals surface area contributed by atoms with Crippen LogP contribution in [0.3, 0.4) is 0 Å². The van der Waals surface area contributed by atoms with Crippen molar-refractivity contribution in [3.8, 4) is 29.1 Å². The van der Waals surface area contributed by atoms with E-state index in [1.54, 1.807) is 18.2 Å². The summed E-state index contributed by atoms with van der Waals surface area (Å²) in [7, 11) is 0. The largest absolute Gasteiger partial charge is 0.487 e. The number of nitriles is 1. The molecule has 0 aromatic heterocycles. The first-order valence-corrected chi connectivity index (χ1v) is 11.4.